The number of sulfonamides is 1. The lowest BCUT2D eigenvalue weighted by atomic mass is 10.0. The summed E-state index contributed by atoms with van der Waals surface area (Å²) in [7, 11) is -2.38. The topological polar surface area (TPSA) is 110 Å². The molecule has 0 saturated heterocycles. The van der Waals surface area contributed by atoms with Gasteiger partial charge in [0.25, 0.3) is 0 Å². The molecule has 0 aliphatic rings. The van der Waals surface area contributed by atoms with E-state index in [9.17, 15) is 13.2 Å². The third-order valence-electron chi connectivity index (χ3n) is 4.40. The summed E-state index contributed by atoms with van der Waals surface area (Å²) in [4.78, 5) is 12.7. The van der Waals surface area contributed by atoms with Gasteiger partial charge in [0, 0.05) is 6.54 Å². The number of amides is 1. The number of carbonyl (C=O) groups excluding carboxylic acids is 1. The van der Waals surface area contributed by atoms with Crippen LogP contribution >= 0.6 is 11.7 Å². The standard InChI is InChI=1S/C19H22N4O4S2/c1-12(2)17(19(24)20-11-13-7-9-14(27-3)10-8-13)23-29(25,26)16-6-4-5-15-18(16)22-28-21-15/h4-10,12,17,23H,11H2,1-3H3,(H,20,24)/t17-/m0/s1. The molecule has 0 bridgehead atoms. The fourth-order valence-electron chi connectivity index (χ4n) is 2.76. The Hall–Kier alpha value is -2.56. The summed E-state index contributed by atoms with van der Waals surface area (Å²) in [5.41, 5.74) is 1.68. The molecule has 154 valence electrons. The van der Waals surface area contributed by atoms with E-state index in [1.54, 1.807) is 45.2 Å². The number of carbonyl (C=O) groups is 1. The minimum atomic E-state index is -3.96. The molecule has 2 N–H and O–H groups in total. The van der Waals surface area contributed by atoms with Crippen LogP contribution in [0.1, 0.15) is 19.4 Å². The maximum absolute atomic E-state index is 12.9. The van der Waals surface area contributed by atoms with E-state index in [1.165, 1.54) is 6.07 Å². The highest BCUT2D eigenvalue weighted by atomic mass is 32.2. The number of aromatic nitrogens is 2. The molecule has 1 heterocycles. The molecule has 8 nitrogen and oxygen atoms in total. The molecule has 10 heteroatoms. The molecule has 0 aliphatic heterocycles. The zero-order chi connectivity index (χ0) is 21.0. The first-order chi connectivity index (χ1) is 13.8. The van der Waals surface area contributed by atoms with Crippen molar-refractivity contribution in [3.63, 3.8) is 0 Å². The monoisotopic (exact) mass is 434 g/mol. The SMILES string of the molecule is COc1ccc(CNC(=O)[C@@H](NS(=O)(=O)c2cccc3nsnc23)C(C)C)cc1. The lowest BCUT2D eigenvalue weighted by molar-refractivity contribution is -0.123. The minimum absolute atomic E-state index is 0.0114. The van der Waals surface area contributed by atoms with Crippen LogP contribution in [0.25, 0.3) is 11.0 Å². The zero-order valence-corrected chi connectivity index (χ0v) is 17.9. The second-order valence-electron chi connectivity index (χ2n) is 6.80. The number of fused-ring (bicyclic) bond motifs is 1. The van der Waals surface area contributed by atoms with Gasteiger partial charge in [0.05, 0.1) is 18.8 Å². The van der Waals surface area contributed by atoms with Crippen molar-refractivity contribution < 1.29 is 17.9 Å². The summed E-state index contributed by atoms with van der Waals surface area (Å²) in [6.07, 6.45) is 0. The second kappa shape index (κ2) is 8.85. The quantitative estimate of drug-likeness (QED) is 0.563. The van der Waals surface area contributed by atoms with E-state index in [0.717, 1.165) is 23.0 Å². The van der Waals surface area contributed by atoms with Crippen LogP contribution < -0.4 is 14.8 Å². The van der Waals surface area contributed by atoms with Crippen LogP contribution in [0, 0.1) is 5.92 Å². The van der Waals surface area contributed by atoms with Gasteiger partial charge in [-0.1, -0.05) is 32.0 Å². The summed E-state index contributed by atoms with van der Waals surface area (Å²) < 4.78 is 41.7. The number of hydrogen-bond donors (Lipinski definition) is 2. The number of nitrogens with zero attached hydrogens (tertiary/aromatic N) is 2. The van der Waals surface area contributed by atoms with Gasteiger partial charge in [-0.2, -0.15) is 13.5 Å². The largest absolute Gasteiger partial charge is 0.497 e. The predicted molar refractivity (Wildman–Crippen MR) is 111 cm³/mol. The Morgan fingerprint density at radius 3 is 2.52 bits per heavy atom. The van der Waals surface area contributed by atoms with Gasteiger partial charge in [0.1, 0.15) is 27.7 Å². The van der Waals surface area contributed by atoms with E-state index in [1.807, 2.05) is 12.1 Å². The van der Waals surface area contributed by atoms with Crippen LogP contribution in [0.3, 0.4) is 0 Å². The molecule has 1 amide bonds. The van der Waals surface area contributed by atoms with Gasteiger partial charge in [-0.3, -0.25) is 4.79 Å². The first kappa shape index (κ1) is 21.2. The summed E-state index contributed by atoms with van der Waals surface area (Å²) in [6, 6.07) is 11.1. The summed E-state index contributed by atoms with van der Waals surface area (Å²) >= 11 is 0.943. The van der Waals surface area contributed by atoms with Crippen molar-refractivity contribution in [3.05, 3.63) is 48.0 Å². The zero-order valence-electron chi connectivity index (χ0n) is 16.2. The molecule has 1 aromatic heterocycles. The molecule has 3 aromatic rings. The number of methoxy groups -OCH3 is 1. The Kier molecular flexibility index (Phi) is 6.46. The van der Waals surface area contributed by atoms with Gasteiger partial charge in [0.15, 0.2) is 0 Å². The van der Waals surface area contributed by atoms with Gasteiger partial charge < -0.3 is 10.1 Å². The Balaban J connectivity index is 1.74. The maximum Gasteiger partial charge on any atom is 0.243 e. The number of nitrogens with one attached hydrogen (secondary N) is 2. The average molecular weight is 435 g/mol. The summed E-state index contributed by atoms with van der Waals surface area (Å²) in [5.74, 6) is 0.0648. The number of ether oxygens (including phenoxy) is 1. The number of rotatable bonds is 8. The van der Waals surface area contributed by atoms with Crippen LogP contribution in [0.4, 0.5) is 0 Å². The van der Waals surface area contributed by atoms with Crippen LogP contribution in [-0.2, 0) is 21.4 Å². The van der Waals surface area contributed by atoms with E-state index in [0.29, 0.717) is 11.0 Å². The molecule has 0 unspecified atom stereocenters. The van der Waals surface area contributed by atoms with Gasteiger partial charge >= 0.3 is 0 Å². The maximum atomic E-state index is 12.9. The van der Waals surface area contributed by atoms with E-state index in [4.69, 9.17) is 4.74 Å². The normalized spacial score (nSPS) is 12.8. The Morgan fingerprint density at radius 2 is 1.86 bits per heavy atom. The van der Waals surface area contributed by atoms with Crippen molar-refractivity contribution in [1.82, 2.24) is 18.8 Å². The molecule has 0 fully saturated rings. The fourth-order valence-corrected chi connectivity index (χ4v) is 4.87. The van der Waals surface area contributed by atoms with Crippen molar-refractivity contribution in [2.45, 2.75) is 31.3 Å². The third-order valence-corrected chi connectivity index (χ3v) is 6.41. The van der Waals surface area contributed by atoms with E-state index >= 15 is 0 Å². The van der Waals surface area contributed by atoms with Crippen molar-refractivity contribution in [2.24, 2.45) is 5.92 Å². The molecule has 0 saturated carbocycles. The highest BCUT2D eigenvalue weighted by Gasteiger charge is 2.29. The first-order valence-corrected chi connectivity index (χ1v) is 11.2. The van der Waals surface area contributed by atoms with Crippen LogP contribution in [0.2, 0.25) is 0 Å². The second-order valence-corrected chi connectivity index (χ2v) is 9.01. The molecule has 0 aliphatic carbocycles. The molecule has 0 radical (unpaired) electrons. The van der Waals surface area contributed by atoms with E-state index in [2.05, 4.69) is 18.8 Å². The lowest BCUT2D eigenvalue weighted by Gasteiger charge is -2.21. The van der Waals surface area contributed by atoms with Gasteiger partial charge in [-0.25, -0.2) is 8.42 Å². The molecule has 0 spiro atoms. The predicted octanol–water partition coefficient (Wildman–Crippen LogP) is 2.32. The molecular weight excluding hydrogens is 412 g/mol. The van der Waals surface area contributed by atoms with Gasteiger partial charge in [0.2, 0.25) is 15.9 Å². The van der Waals surface area contributed by atoms with E-state index in [-0.39, 0.29) is 17.4 Å². The number of hydrogen-bond acceptors (Lipinski definition) is 7. The number of benzene rings is 2. The van der Waals surface area contributed by atoms with Crippen molar-refractivity contribution >= 4 is 38.7 Å². The van der Waals surface area contributed by atoms with E-state index < -0.39 is 22.0 Å². The van der Waals surface area contributed by atoms with Crippen LogP contribution in [-0.4, -0.2) is 36.2 Å². The Bertz CT molecular complexity index is 1090. The molecular formula is C19H22N4O4S2. The van der Waals surface area contributed by atoms with Crippen LogP contribution in [0.5, 0.6) is 5.75 Å². The third kappa shape index (κ3) is 4.89. The lowest BCUT2D eigenvalue weighted by Crippen LogP contribution is -2.49. The molecule has 1 atom stereocenters. The van der Waals surface area contributed by atoms with Gasteiger partial charge in [-0.15, -0.1) is 0 Å². The molecule has 29 heavy (non-hydrogen) atoms. The summed E-state index contributed by atoms with van der Waals surface area (Å²) in [5, 5.41) is 2.79. The van der Waals surface area contributed by atoms with Crippen molar-refractivity contribution in [1.29, 1.82) is 0 Å². The molecule has 3 rings (SSSR count). The smallest absolute Gasteiger partial charge is 0.243 e. The Labute approximate surface area is 173 Å². The first-order valence-electron chi connectivity index (χ1n) is 8.96. The highest BCUT2D eigenvalue weighted by Crippen LogP contribution is 2.22. The van der Waals surface area contributed by atoms with Crippen LogP contribution in [0.15, 0.2) is 47.4 Å². The summed E-state index contributed by atoms with van der Waals surface area (Å²) in [6.45, 7) is 3.84. The minimum Gasteiger partial charge on any atom is -0.497 e. The fraction of sp³-hybridized carbons (Fsp3) is 0.316. The van der Waals surface area contributed by atoms with Crippen molar-refractivity contribution in [2.75, 3.05) is 7.11 Å². The average Bonchev–Trinajstić information content (AvgIpc) is 3.19. The van der Waals surface area contributed by atoms with Crippen molar-refractivity contribution in [3.8, 4) is 5.75 Å². The highest BCUT2D eigenvalue weighted by molar-refractivity contribution is 7.89. The molecule has 2 aromatic carbocycles. The van der Waals surface area contributed by atoms with Gasteiger partial charge in [-0.05, 0) is 35.7 Å². The Morgan fingerprint density at radius 1 is 1.14 bits per heavy atom.